The Kier molecular flexibility index (Phi) is 7.00. The van der Waals surface area contributed by atoms with Gasteiger partial charge < -0.3 is 15.0 Å². The largest absolute Gasteiger partial charge is 0.378 e. The Morgan fingerprint density at radius 2 is 2.05 bits per heavy atom. The van der Waals surface area contributed by atoms with Gasteiger partial charge in [-0.1, -0.05) is 13.0 Å². The summed E-state index contributed by atoms with van der Waals surface area (Å²) in [6.45, 7) is 9.27. The Morgan fingerprint density at radius 3 is 2.67 bits per heavy atom. The average Bonchev–Trinajstić information content (AvgIpc) is 2.49. The molecule has 21 heavy (non-hydrogen) atoms. The molecule has 0 spiro atoms. The third-order valence-electron chi connectivity index (χ3n) is 3.95. The molecule has 1 fully saturated rings. The van der Waals surface area contributed by atoms with E-state index < -0.39 is 0 Å². The molecule has 118 valence electrons. The minimum absolute atomic E-state index is 0.447. The highest BCUT2D eigenvalue weighted by Gasteiger charge is 2.20. The summed E-state index contributed by atoms with van der Waals surface area (Å²) < 4.78 is 6.93. The lowest BCUT2D eigenvalue weighted by Crippen LogP contribution is -2.37. The van der Waals surface area contributed by atoms with Crippen LogP contribution in [0, 0.1) is 0 Å². The van der Waals surface area contributed by atoms with Gasteiger partial charge in [-0.15, -0.1) is 0 Å². The second kappa shape index (κ2) is 8.76. The molecule has 1 aromatic carbocycles. The van der Waals surface area contributed by atoms with E-state index >= 15 is 0 Å². The van der Waals surface area contributed by atoms with E-state index in [0.717, 1.165) is 45.6 Å². The first-order chi connectivity index (χ1) is 10.2. The van der Waals surface area contributed by atoms with Gasteiger partial charge in [0.25, 0.3) is 0 Å². The molecule has 4 heteroatoms. The molecule has 3 nitrogen and oxygen atoms in total. The number of benzene rings is 1. The standard InChI is InChI=1S/C17H27BrN2O/c1-3-9-19-13-14-5-6-17(16(18)12-14)20-10-7-15(8-11-20)21-4-2/h5-6,12,15,19H,3-4,7-11,13H2,1-2H3. The lowest BCUT2D eigenvalue weighted by Gasteiger charge is -2.34. The summed E-state index contributed by atoms with van der Waals surface area (Å²) in [7, 11) is 0. The summed E-state index contributed by atoms with van der Waals surface area (Å²) in [6.07, 6.45) is 3.87. The monoisotopic (exact) mass is 354 g/mol. The zero-order valence-corrected chi connectivity index (χ0v) is 14.8. The summed E-state index contributed by atoms with van der Waals surface area (Å²) in [4.78, 5) is 2.46. The Bertz CT molecular complexity index is 431. The SMILES string of the molecule is CCCNCc1ccc(N2CCC(OCC)CC2)c(Br)c1. The van der Waals surface area contributed by atoms with Gasteiger partial charge in [0.15, 0.2) is 0 Å². The van der Waals surface area contributed by atoms with Crippen molar-refractivity contribution in [1.29, 1.82) is 0 Å². The van der Waals surface area contributed by atoms with Crippen molar-refractivity contribution in [2.24, 2.45) is 0 Å². The van der Waals surface area contributed by atoms with Gasteiger partial charge in [-0.25, -0.2) is 0 Å². The van der Waals surface area contributed by atoms with E-state index in [1.54, 1.807) is 0 Å². The van der Waals surface area contributed by atoms with Gasteiger partial charge in [0.05, 0.1) is 11.8 Å². The second-order valence-corrected chi connectivity index (χ2v) is 6.46. The van der Waals surface area contributed by atoms with Crippen molar-refractivity contribution in [1.82, 2.24) is 5.32 Å². The van der Waals surface area contributed by atoms with Crippen LogP contribution in [0.1, 0.15) is 38.7 Å². The highest BCUT2D eigenvalue weighted by molar-refractivity contribution is 9.10. The van der Waals surface area contributed by atoms with Crippen LogP contribution in [-0.2, 0) is 11.3 Å². The van der Waals surface area contributed by atoms with Crippen LogP contribution < -0.4 is 10.2 Å². The molecular formula is C17H27BrN2O. The van der Waals surface area contributed by atoms with Crippen molar-refractivity contribution in [3.05, 3.63) is 28.2 Å². The third-order valence-corrected chi connectivity index (χ3v) is 4.59. The van der Waals surface area contributed by atoms with Crippen LogP contribution in [0.3, 0.4) is 0 Å². The number of nitrogens with zero attached hydrogens (tertiary/aromatic N) is 1. The number of halogens is 1. The molecule has 0 aromatic heterocycles. The maximum atomic E-state index is 5.72. The molecule has 0 saturated carbocycles. The summed E-state index contributed by atoms with van der Waals surface area (Å²) in [5.74, 6) is 0. The molecular weight excluding hydrogens is 328 g/mol. The number of piperidine rings is 1. The first-order valence-electron chi connectivity index (χ1n) is 8.10. The number of anilines is 1. The van der Waals surface area contributed by atoms with E-state index in [1.807, 2.05) is 0 Å². The maximum Gasteiger partial charge on any atom is 0.0608 e. The molecule has 1 aromatic rings. The lowest BCUT2D eigenvalue weighted by molar-refractivity contribution is 0.0459. The molecule has 1 aliphatic rings. The summed E-state index contributed by atoms with van der Waals surface area (Å²) >= 11 is 3.74. The number of hydrogen-bond donors (Lipinski definition) is 1. The van der Waals surface area contributed by atoms with Crippen molar-refractivity contribution < 1.29 is 4.74 Å². The molecule has 1 N–H and O–H groups in total. The molecule has 2 rings (SSSR count). The molecule has 0 aliphatic carbocycles. The molecule has 1 saturated heterocycles. The summed E-state index contributed by atoms with van der Waals surface area (Å²) in [5, 5.41) is 3.45. The molecule has 0 bridgehead atoms. The van der Waals surface area contributed by atoms with E-state index in [0.29, 0.717) is 6.10 Å². The molecule has 1 heterocycles. The Hall–Kier alpha value is -0.580. The number of rotatable bonds is 7. The van der Waals surface area contributed by atoms with E-state index in [1.165, 1.54) is 22.1 Å². The van der Waals surface area contributed by atoms with Gasteiger partial charge in [0.1, 0.15) is 0 Å². The Balaban J connectivity index is 1.92. The van der Waals surface area contributed by atoms with Crippen molar-refractivity contribution in [3.8, 4) is 0 Å². The van der Waals surface area contributed by atoms with Crippen molar-refractivity contribution in [2.75, 3.05) is 31.1 Å². The summed E-state index contributed by atoms with van der Waals surface area (Å²) in [6, 6.07) is 6.72. The van der Waals surface area contributed by atoms with Crippen LogP contribution in [0.4, 0.5) is 5.69 Å². The minimum Gasteiger partial charge on any atom is -0.378 e. The fourth-order valence-electron chi connectivity index (χ4n) is 2.83. The lowest BCUT2D eigenvalue weighted by atomic mass is 10.1. The van der Waals surface area contributed by atoms with Crippen LogP contribution >= 0.6 is 15.9 Å². The van der Waals surface area contributed by atoms with Crippen molar-refractivity contribution >= 4 is 21.6 Å². The van der Waals surface area contributed by atoms with Gasteiger partial charge in [-0.05, 0) is 66.4 Å². The fourth-order valence-corrected chi connectivity index (χ4v) is 3.50. The molecule has 0 amide bonds. The van der Waals surface area contributed by atoms with E-state index in [9.17, 15) is 0 Å². The van der Waals surface area contributed by atoms with Crippen LogP contribution in [0.25, 0.3) is 0 Å². The van der Waals surface area contributed by atoms with E-state index in [-0.39, 0.29) is 0 Å². The normalized spacial score (nSPS) is 16.4. The summed E-state index contributed by atoms with van der Waals surface area (Å²) in [5.41, 5.74) is 2.65. The predicted molar refractivity (Wildman–Crippen MR) is 93.0 cm³/mol. The molecule has 0 unspecified atom stereocenters. The van der Waals surface area contributed by atoms with Crippen molar-refractivity contribution in [3.63, 3.8) is 0 Å². The quantitative estimate of drug-likeness (QED) is 0.750. The minimum atomic E-state index is 0.447. The highest BCUT2D eigenvalue weighted by atomic mass is 79.9. The predicted octanol–water partition coefficient (Wildman–Crippen LogP) is 3.95. The zero-order chi connectivity index (χ0) is 15.1. The first-order valence-corrected chi connectivity index (χ1v) is 8.89. The van der Waals surface area contributed by atoms with Gasteiger partial charge in [0.2, 0.25) is 0 Å². The zero-order valence-electron chi connectivity index (χ0n) is 13.2. The van der Waals surface area contributed by atoms with Crippen molar-refractivity contribution in [2.45, 2.75) is 45.8 Å². The maximum absolute atomic E-state index is 5.72. The van der Waals surface area contributed by atoms with Gasteiger partial charge >= 0.3 is 0 Å². The molecule has 0 radical (unpaired) electrons. The molecule has 1 aliphatic heterocycles. The number of hydrogen-bond acceptors (Lipinski definition) is 3. The van der Waals surface area contributed by atoms with Gasteiger partial charge in [0, 0.05) is 30.7 Å². The second-order valence-electron chi connectivity index (χ2n) is 5.60. The number of ether oxygens (including phenoxy) is 1. The molecule has 0 atom stereocenters. The van der Waals surface area contributed by atoms with Gasteiger partial charge in [-0.2, -0.15) is 0 Å². The topological polar surface area (TPSA) is 24.5 Å². The van der Waals surface area contributed by atoms with Crippen LogP contribution in [0.2, 0.25) is 0 Å². The average molecular weight is 355 g/mol. The first kappa shape index (κ1) is 16.8. The smallest absolute Gasteiger partial charge is 0.0608 e. The highest BCUT2D eigenvalue weighted by Crippen LogP contribution is 2.30. The van der Waals surface area contributed by atoms with E-state index in [4.69, 9.17) is 4.74 Å². The van der Waals surface area contributed by atoms with E-state index in [2.05, 4.69) is 58.2 Å². The van der Waals surface area contributed by atoms with Gasteiger partial charge in [-0.3, -0.25) is 0 Å². The Labute approximate surface area is 137 Å². The number of nitrogens with one attached hydrogen (secondary N) is 1. The fraction of sp³-hybridized carbons (Fsp3) is 0.647. The Morgan fingerprint density at radius 1 is 1.29 bits per heavy atom. The van der Waals surface area contributed by atoms with Crippen LogP contribution in [-0.4, -0.2) is 32.3 Å². The third kappa shape index (κ3) is 4.97. The van der Waals surface area contributed by atoms with Crippen LogP contribution in [0.5, 0.6) is 0 Å². The van der Waals surface area contributed by atoms with Crippen LogP contribution in [0.15, 0.2) is 22.7 Å².